The summed E-state index contributed by atoms with van der Waals surface area (Å²) in [5.41, 5.74) is 2.80. The van der Waals surface area contributed by atoms with Gasteiger partial charge in [0, 0.05) is 12.7 Å². The van der Waals surface area contributed by atoms with Gasteiger partial charge in [-0.3, -0.25) is 9.45 Å². The molecule has 0 unspecified atom stereocenters. The molecule has 0 aliphatic heterocycles. The van der Waals surface area contributed by atoms with E-state index in [1.165, 1.54) is 23.1 Å². The van der Waals surface area contributed by atoms with Crippen molar-refractivity contribution < 1.29 is 36.7 Å². The lowest BCUT2D eigenvalue weighted by molar-refractivity contribution is 0.0372. The van der Waals surface area contributed by atoms with Gasteiger partial charge < -0.3 is 18.9 Å². The van der Waals surface area contributed by atoms with E-state index in [-0.39, 0.29) is 17.9 Å². The van der Waals surface area contributed by atoms with Crippen molar-refractivity contribution in [3.8, 4) is 11.8 Å². The molecule has 0 aromatic heterocycles. The first-order chi connectivity index (χ1) is 20.9. The van der Waals surface area contributed by atoms with Gasteiger partial charge in [-0.2, -0.15) is 13.7 Å². The Labute approximate surface area is 259 Å². The Balaban J connectivity index is 1.33. The highest BCUT2D eigenvalue weighted by molar-refractivity contribution is 7.85. The smallest absolute Gasteiger partial charge is 0.414 e. The zero-order valence-electron chi connectivity index (χ0n) is 25.4. The number of carbonyl (C=O) groups excluding carboxylic acids is 1. The minimum absolute atomic E-state index is 0.203. The molecule has 1 N–H and O–H groups in total. The molecular weight excluding hydrogens is 584 g/mol. The van der Waals surface area contributed by atoms with Crippen LogP contribution < -0.4 is 9.64 Å². The second-order valence-electron chi connectivity index (χ2n) is 10.8. The molecule has 0 saturated heterocycles. The lowest BCUT2D eigenvalue weighted by atomic mass is 10.1. The second kappa shape index (κ2) is 16.0. The quantitative estimate of drug-likeness (QED) is 0.130. The van der Waals surface area contributed by atoms with Gasteiger partial charge in [-0.15, -0.1) is 0 Å². The molecule has 0 atom stereocenters. The molecule has 44 heavy (non-hydrogen) atoms. The van der Waals surface area contributed by atoms with Gasteiger partial charge in [0.05, 0.1) is 43.0 Å². The number of nitrogens with zero attached hydrogens (tertiary/aromatic N) is 2. The maximum atomic E-state index is 12.3. The van der Waals surface area contributed by atoms with Gasteiger partial charge in [-0.05, 0) is 86.3 Å². The van der Waals surface area contributed by atoms with Crippen molar-refractivity contribution >= 4 is 34.1 Å². The molecule has 0 saturated carbocycles. The van der Waals surface area contributed by atoms with Crippen LogP contribution in [0.5, 0.6) is 5.75 Å². The lowest BCUT2D eigenvalue weighted by Crippen LogP contribution is -2.34. The van der Waals surface area contributed by atoms with Crippen LogP contribution in [0.25, 0.3) is 12.2 Å². The fourth-order valence-electron chi connectivity index (χ4n) is 3.93. The number of carbonyl (C=O) groups is 1. The van der Waals surface area contributed by atoms with E-state index in [2.05, 4.69) is 0 Å². The molecule has 0 aliphatic carbocycles. The average molecular weight is 623 g/mol. The molecule has 0 radical (unpaired) electrons. The molecule has 10 nitrogen and oxygen atoms in total. The highest BCUT2D eigenvalue weighted by Gasteiger charge is 2.20. The monoisotopic (exact) mass is 622 g/mol. The molecule has 0 fully saturated rings. The van der Waals surface area contributed by atoms with Crippen LogP contribution in [0.3, 0.4) is 0 Å². The van der Waals surface area contributed by atoms with Crippen LogP contribution in [0.1, 0.15) is 43.0 Å². The molecule has 3 aromatic carbocycles. The molecule has 11 heteroatoms. The Morgan fingerprint density at radius 1 is 0.886 bits per heavy atom. The van der Waals surface area contributed by atoms with Crippen LogP contribution in [0.4, 0.5) is 10.5 Å². The van der Waals surface area contributed by atoms with Crippen molar-refractivity contribution in [2.24, 2.45) is 0 Å². The Morgan fingerprint density at radius 2 is 1.45 bits per heavy atom. The van der Waals surface area contributed by atoms with E-state index in [0.717, 1.165) is 16.8 Å². The highest BCUT2D eigenvalue weighted by Crippen LogP contribution is 2.20. The predicted molar refractivity (Wildman–Crippen MR) is 168 cm³/mol. The van der Waals surface area contributed by atoms with Crippen molar-refractivity contribution in [3.63, 3.8) is 0 Å². The second-order valence-corrected chi connectivity index (χ2v) is 12.2. The number of nitriles is 1. The number of benzene rings is 3. The minimum Gasteiger partial charge on any atom is -0.491 e. The van der Waals surface area contributed by atoms with Gasteiger partial charge in [0.25, 0.3) is 10.1 Å². The summed E-state index contributed by atoms with van der Waals surface area (Å²) in [4.78, 5) is 13.5. The van der Waals surface area contributed by atoms with Crippen molar-refractivity contribution in [2.45, 2.75) is 37.7 Å². The summed E-state index contributed by atoms with van der Waals surface area (Å²) in [5.74, 6) is 0.714. The third-order valence-corrected chi connectivity index (χ3v) is 7.10. The van der Waals surface area contributed by atoms with Crippen molar-refractivity contribution in [1.29, 1.82) is 5.26 Å². The summed E-state index contributed by atoms with van der Waals surface area (Å²) in [6, 6.07) is 21.2. The fraction of sp³-hybridized carbons (Fsp3) is 0.333. The van der Waals surface area contributed by atoms with E-state index < -0.39 is 21.8 Å². The van der Waals surface area contributed by atoms with E-state index in [9.17, 15) is 17.8 Å². The molecule has 0 bridgehead atoms. The van der Waals surface area contributed by atoms with Gasteiger partial charge in [-0.25, -0.2) is 4.79 Å². The third kappa shape index (κ3) is 11.5. The SMILES string of the molecule is CN(C(=O)OC(C)(C)C)c1ccc(/C=C/c2ccc(OCCOCCOCCc3cc(C#N)ccc3S(=O)(=O)O)cc2)cc1. The van der Waals surface area contributed by atoms with Gasteiger partial charge in [0.2, 0.25) is 0 Å². The molecule has 3 rings (SSSR count). The normalized spacial score (nSPS) is 11.7. The summed E-state index contributed by atoms with van der Waals surface area (Å²) >= 11 is 0. The number of rotatable bonds is 14. The van der Waals surface area contributed by atoms with E-state index >= 15 is 0 Å². The molecule has 0 aliphatic rings. The third-order valence-electron chi connectivity index (χ3n) is 6.15. The zero-order chi connectivity index (χ0) is 32.2. The number of anilines is 1. The van der Waals surface area contributed by atoms with Crippen LogP contribution in [-0.4, -0.2) is 64.7 Å². The summed E-state index contributed by atoms with van der Waals surface area (Å²) in [6.07, 6.45) is 3.79. The maximum absolute atomic E-state index is 12.3. The highest BCUT2D eigenvalue weighted by atomic mass is 32.2. The zero-order valence-corrected chi connectivity index (χ0v) is 26.2. The molecule has 0 spiro atoms. The molecule has 3 aromatic rings. The Bertz CT molecular complexity index is 1560. The minimum atomic E-state index is -4.39. The number of amides is 1. The summed E-state index contributed by atoms with van der Waals surface area (Å²) in [7, 11) is -2.71. The van der Waals surface area contributed by atoms with E-state index in [4.69, 9.17) is 24.2 Å². The number of hydrogen-bond acceptors (Lipinski definition) is 8. The average Bonchev–Trinajstić information content (AvgIpc) is 2.98. The Kier molecular flexibility index (Phi) is 12.5. The van der Waals surface area contributed by atoms with Crippen LogP contribution in [0, 0.1) is 11.3 Å². The summed E-state index contributed by atoms with van der Waals surface area (Å²) < 4.78 is 54.6. The largest absolute Gasteiger partial charge is 0.491 e. The van der Waals surface area contributed by atoms with Gasteiger partial charge in [-0.1, -0.05) is 36.4 Å². The van der Waals surface area contributed by atoms with Crippen molar-refractivity contribution in [3.05, 3.63) is 89.0 Å². The molecule has 1 amide bonds. The van der Waals surface area contributed by atoms with E-state index in [0.29, 0.717) is 43.3 Å². The maximum Gasteiger partial charge on any atom is 0.414 e. The van der Waals surface area contributed by atoms with Crippen LogP contribution in [0.2, 0.25) is 0 Å². The summed E-state index contributed by atoms with van der Waals surface area (Å²) in [5, 5.41) is 9.03. The first kappa shape index (κ1) is 34.3. The van der Waals surface area contributed by atoms with Gasteiger partial charge in [0.1, 0.15) is 18.0 Å². The van der Waals surface area contributed by atoms with Crippen molar-refractivity contribution in [1.82, 2.24) is 0 Å². The molecular formula is C33H38N2O8S. The first-order valence-electron chi connectivity index (χ1n) is 14.0. The molecule has 234 valence electrons. The van der Waals surface area contributed by atoms with Crippen LogP contribution in [-0.2, 0) is 30.7 Å². The summed E-state index contributed by atoms with van der Waals surface area (Å²) in [6.45, 7) is 7.05. The Hall–Kier alpha value is -4.21. The topological polar surface area (TPSA) is 135 Å². The first-order valence-corrected chi connectivity index (χ1v) is 15.4. The standard InChI is InChI=1S/C33H38N2O8S/c1-33(2,3)43-32(36)35(4)29-12-7-25(8-13-29)5-6-26-9-14-30(15-10-26)42-22-21-41-20-19-40-18-17-28-23-27(24-34)11-16-31(28)44(37,38)39/h5-16,23H,17-22H2,1-4H3,(H,37,38,39)/b6-5+. The fourth-order valence-corrected chi connectivity index (χ4v) is 4.66. The van der Waals surface area contributed by atoms with Crippen molar-refractivity contribution in [2.75, 3.05) is 45.0 Å². The van der Waals surface area contributed by atoms with E-state index in [1.54, 1.807) is 7.05 Å². The predicted octanol–water partition coefficient (Wildman–Crippen LogP) is 6.00. The number of ether oxygens (including phenoxy) is 4. The van der Waals surface area contributed by atoms with Gasteiger partial charge >= 0.3 is 6.09 Å². The number of hydrogen-bond donors (Lipinski definition) is 1. The van der Waals surface area contributed by atoms with Gasteiger partial charge in [0.15, 0.2) is 0 Å². The van der Waals surface area contributed by atoms with E-state index in [1.807, 2.05) is 87.5 Å². The lowest BCUT2D eigenvalue weighted by Gasteiger charge is -2.24. The van der Waals surface area contributed by atoms with Crippen LogP contribution >= 0.6 is 0 Å². The molecule has 0 heterocycles. The Morgan fingerprint density at radius 3 is 2.02 bits per heavy atom. The van der Waals surface area contributed by atoms with Crippen LogP contribution in [0.15, 0.2) is 71.6 Å².